The molecular weight excluding hydrogens is 210 g/mol. The summed E-state index contributed by atoms with van der Waals surface area (Å²) in [7, 11) is 0. The molecule has 0 amide bonds. The van der Waals surface area contributed by atoms with Crippen molar-refractivity contribution in [1.29, 1.82) is 0 Å². The van der Waals surface area contributed by atoms with Crippen molar-refractivity contribution < 1.29 is 4.74 Å². The van der Waals surface area contributed by atoms with E-state index < -0.39 is 0 Å². The van der Waals surface area contributed by atoms with Gasteiger partial charge >= 0.3 is 0 Å². The Balaban J connectivity index is 1.61. The van der Waals surface area contributed by atoms with Crippen LogP contribution in [0.4, 0.5) is 0 Å². The molecule has 17 heavy (non-hydrogen) atoms. The van der Waals surface area contributed by atoms with E-state index >= 15 is 0 Å². The molecular formula is C15H25NO. The van der Waals surface area contributed by atoms with Crippen LogP contribution >= 0.6 is 0 Å². The molecule has 4 atom stereocenters. The second-order valence-electron chi connectivity index (χ2n) is 6.15. The minimum atomic E-state index is 0.181. The van der Waals surface area contributed by atoms with Gasteiger partial charge in [-0.05, 0) is 43.1 Å². The van der Waals surface area contributed by atoms with Crippen LogP contribution < -0.4 is 5.73 Å². The quantitative estimate of drug-likeness (QED) is 0.797. The maximum absolute atomic E-state index is 6.38. The Morgan fingerprint density at radius 2 is 1.94 bits per heavy atom. The summed E-state index contributed by atoms with van der Waals surface area (Å²) in [5.41, 5.74) is 6.38. The number of ether oxygens (including phenoxy) is 1. The van der Waals surface area contributed by atoms with Crippen LogP contribution in [0.3, 0.4) is 0 Å². The number of hydrogen-bond acceptors (Lipinski definition) is 2. The molecule has 2 heteroatoms. The van der Waals surface area contributed by atoms with Gasteiger partial charge in [-0.15, -0.1) is 0 Å². The van der Waals surface area contributed by atoms with Crippen molar-refractivity contribution in [2.45, 2.75) is 57.4 Å². The van der Waals surface area contributed by atoms with E-state index in [4.69, 9.17) is 10.5 Å². The molecule has 2 N–H and O–H groups in total. The summed E-state index contributed by atoms with van der Waals surface area (Å²) in [5.74, 6) is 3.75. The van der Waals surface area contributed by atoms with Crippen LogP contribution in [0.1, 0.15) is 51.4 Å². The molecule has 2 nitrogen and oxygen atoms in total. The molecule has 0 saturated heterocycles. The van der Waals surface area contributed by atoms with E-state index in [1.54, 1.807) is 0 Å². The van der Waals surface area contributed by atoms with E-state index in [1.165, 1.54) is 44.9 Å². The normalized spacial score (nSPS) is 39.1. The topological polar surface area (TPSA) is 35.2 Å². The van der Waals surface area contributed by atoms with Crippen LogP contribution in [0.15, 0.2) is 11.8 Å². The zero-order chi connectivity index (χ0) is 11.7. The summed E-state index contributed by atoms with van der Waals surface area (Å²) < 4.78 is 5.64. The molecule has 1 heterocycles. The molecule has 96 valence electrons. The fourth-order valence-corrected chi connectivity index (χ4v) is 4.14. The Labute approximate surface area is 105 Å². The molecule has 0 radical (unpaired) electrons. The van der Waals surface area contributed by atoms with Crippen molar-refractivity contribution in [1.82, 2.24) is 0 Å². The lowest BCUT2D eigenvalue weighted by Gasteiger charge is -2.41. The molecule has 0 aromatic carbocycles. The van der Waals surface area contributed by atoms with Crippen LogP contribution in [0.25, 0.3) is 0 Å². The molecule has 3 aliphatic rings. The first-order chi connectivity index (χ1) is 8.34. The van der Waals surface area contributed by atoms with Crippen LogP contribution in [-0.4, -0.2) is 12.6 Å². The minimum absolute atomic E-state index is 0.181. The van der Waals surface area contributed by atoms with E-state index in [-0.39, 0.29) is 6.04 Å². The number of hydrogen-bond donors (Lipinski definition) is 1. The third-order valence-corrected chi connectivity index (χ3v) is 5.15. The van der Waals surface area contributed by atoms with Gasteiger partial charge in [0.25, 0.3) is 0 Å². The Bertz CT molecular complexity index is 299. The number of rotatable bonds is 2. The fourth-order valence-electron chi connectivity index (χ4n) is 4.14. The van der Waals surface area contributed by atoms with Crippen molar-refractivity contribution >= 4 is 0 Å². The van der Waals surface area contributed by atoms with Gasteiger partial charge in [0.15, 0.2) is 0 Å². The molecule has 1 aliphatic heterocycles. The van der Waals surface area contributed by atoms with Crippen LogP contribution in [0.5, 0.6) is 0 Å². The maximum atomic E-state index is 6.38. The van der Waals surface area contributed by atoms with Gasteiger partial charge in [-0.25, -0.2) is 0 Å². The lowest BCUT2D eigenvalue weighted by atomic mass is 9.66. The van der Waals surface area contributed by atoms with Gasteiger partial charge in [0.1, 0.15) is 5.76 Å². The third-order valence-electron chi connectivity index (χ3n) is 5.15. The second-order valence-corrected chi connectivity index (χ2v) is 6.15. The first-order valence-corrected chi connectivity index (χ1v) is 7.43. The second kappa shape index (κ2) is 5.01. The van der Waals surface area contributed by atoms with Gasteiger partial charge < -0.3 is 10.5 Å². The lowest BCUT2D eigenvalue weighted by Crippen LogP contribution is -2.38. The largest absolute Gasteiger partial charge is 0.496 e. The number of nitrogens with two attached hydrogens (primary N) is 1. The van der Waals surface area contributed by atoms with E-state index in [0.29, 0.717) is 5.92 Å². The van der Waals surface area contributed by atoms with Gasteiger partial charge in [0.2, 0.25) is 0 Å². The highest BCUT2D eigenvalue weighted by molar-refractivity contribution is 5.09. The van der Waals surface area contributed by atoms with E-state index in [1.807, 2.05) is 0 Å². The molecule has 2 saturated carbocycles. The van der Waals surface area contributed by atoms with E-state index in [2.05, 4.69) is 6.08 Å². The zero-order valence-corrected chi connectivity index (χ0v) is 10.7. The fraction of sp³-hybridized carbons (Fsp3) is 0.867. The Morgan fingerprint density at radius 1 is 1.12 bits per heavy atom. The van der Waals surface area contributed by atoms with Crippen LogP contribution in [0.2, 0.25) is 0 Å². The van der Waals surface area contributed by atoms with Crippen LogP contribution in [-0.2, 0) is 4.74 Å². The van der Waals surface area contributed by atoms with Crippen molar-refractivity contribution in [3.63, 3.8) is 0 Å². The Hall–Kier alpha value is -0.500. The number of fused-ring (bicyclic) bond motifs is 1. The first-order valence-electron chi connectivity index (χ1n) is 7.43. The first kappa shape index (κ1) is 11.6. The highest BCUT2D eigenvalue weighted by Gasteiger charge is 2.36. The average Bonchev–Trinajstić information content (AvgIpc) is 2.91. The van der Waals surface area contributed by atoms with E-state index in [0.717, 1.165) is 30.6 Å². The molecule has 0 bridgehead atoms. The summed E-state index contributed by atoms with van der Waals surface area (Å²) in [6.45, 7) is 0.849. The van der Waals surface area contributed by atoms with Crippen molar-refractivity contribution in [2.24, 2.45) is 23.5 Å². The molecule has 4 unspecified atom stereocenters. The van der Waals surface area contributed by atoms with E-state index in [9.17, 15) is 0 Å². The third kappa shape index (κ3) is 2.37. The van der Waals surface area contributed by atoms with Crippen molar-refractivity contribution in [3.8, 4) is 0 Å². The predicted molar refractivity (Wildman–Crippen MR) is 69.4 cm³/mol. The Morgan fingerprint density at radius 3 is 2.71 bits per heavy atom. The maximum Gasteiger partial charge on any atom is 0.109 e. The van der Waals surface area contributed by atoms with Crippen LogP contribution in [0, 0.1) is 17.8 Å². The predicted octanol–water partition coefficient (Wildman–Crippen LogP) is 3.22. The summed E-state index contributed by atoms with van der Waals surface area (Å²) in [4.78, 5) is 0. The highest BCUT2D eigenvalue weighted by Crippen LogP contribution is 2.44. The zero-order valence-electron chi connectivity index (χ0n) is 10.7. The van der Waals surface area contributed by atoms with Gasteiger partial charge in [-0.2, -0.15) is 0 Å². The highest BCUT2D eigenvalue weighted by atomic mass is 16.5. The van der Waals surface area contributed by atoms with Crippen molar-refractivity contribution in [3.05, 3.63) is 11.8 Å². The summed E-state index contributed by atoms with van der Waals surface area (Å²) in [6.07, 6.45) is 13.2. The van der Waals surface area contributed by atoms with Gasteiger partial charge in [0.05, 0.1) is 12.6 Å². The lowest BCUT2D eigenvalue weighted by molar-refractivity contribution is 0.107. The minimum Gasteiger partial charge on any atom is -0.496 e. The van der Waals surface area contributed by atoms with Crippen molar-refractivity contribution in [2.75, 3.05) is 6.61 Å². The summed E-state index contributed by atoms with van der Waals surface area (Å²) >= 11 is 0. The molecule has 0 spiro atoms. The van der Waals surface area contributed by atoms with Gasteiger partial charge in [-0.3, -0.25) is 0 Å². The monoisotopic (exact) mass is 235 g/mol. The molecule has 0 aromatic heterocycles. The smallest absolute Gasteiger partial charge is 0.109 e. The molecule has 3 rings (SSSR count). The molecule has 0 aromatic rings. The SMILES string of the molecule is NC(C1=CCCO1)C1CCC2CCCCC2C1. The summed E-state index contributed by atoms with van der Waals surface area (Å²) in [6, 6.07) is 0.181. The molecule has 2 fully saturated rings. The van der Waals surface area contributed by atoms with Gasteiger partial charge in [-0.1, -0.05) is 25.7 Å². The standard InChI is InChI=1S/C15H25NO/c16-15(14-6-3-9-17-14)13-8-7-11-4-1-2-5-12(11)10-13/h6,11-13,15H,1-5,7-10,16H2. The molecule has 2 aliphatic carbocycles. The van der Waals surface area contributed by atoms with Gasteiger partial charge in [0, 0.05) is 6.42 Å². The Kier molecular flexibility index (Phi) is 3.41. The summed E-state index contributed by atoms with van der Waals surface area (Å²) in [5, 5.41) is 0. The average molecular weight is 235 g/mol.